The van der Waals surface area contributed by atoms with Gasteiger partial charge >= 0.3 is 0 Å². The maximum absolute atomic E-state index is 13.1. The molecule has 1 N–H and O–H groups in total. The van der Waals surface area contributed by atoms with E-state index in [0.29, 0.717) is 5.75 Å². The first-order valence-corrected chi connectivity index (χ1v) is 10.4. The van der Waals surface area contributed by atoms with Crippen molar-refractivity contribution >= 4 is 40.9 Å². The number of benzene rings is 2. The molecule has 1 heterocycles. The molecule has 3 amide bonds. The minimum absolute atomic E-state index is 0.0856. The number of rotatable bonds is 8. The topological polar surface area (TPSA) is 119 Å². The summed E-state index contributed by atoms with van der Waals surface area (Å²) in [6, 6.07) is 9.11. The lowest BCUT2D eigenvalue weighted by Gasteiger charge is -2.25. The number of methoxy groups -OCH3 is 1. The Labute approximate surface area is 176 Å². The number of thioether (sulfide) groups is 1. The molecule has 156 valence electrons. The summed E-state index contributed by atoms with van der Waals surface area (Å²) >= 11 is 1.47. The Morgan fingerprint density at radius 1 is 1.20 bits per heavy atom. The lowest BCUT2D eigenvalue weighted by atomic mass is 10.1. The molecule has 0 aromatic heterocycles. The van der Waals surface area contributed by atoms with Crippen molar-refractivity contribution in [1.82, 2.24) is 4.90 Å². The van der Waals surface area contributed by atoms with E-state index in [-0.39, 0.29) is 34.7 Å². The average molecular weight is 429 g/mol. The fourth-order valence-corrected chi connectivity index (χ4v) is 3.68. The summed E-state index contributed by atoms with van der Waals surface area (Å²) in [4.78, 5) is 50.2. The van der Waals surface area contributed by atoms with Crippen molar-refractivity contribution < 1.29 is 24.0 Å². The number of anilines is 1. The number of amides is 3. The summed E-state index contributed by atoms with van der Waals surface area (Å²) < 4.78 is 5.17. The lowest BCUT2D eigenvalue weighted by molar-refractivity contribution is -0.384. The second kappa shape index (κ2) is 8.95. The molecule has 0 radical (unpaired) electrons. The van der Waals surface area contributed by atoms with Crippen molar-refractivity contribution in [2.45, 2.75) is 12.5 Å². The minimum atomic E-state index is -1.08. The van der Waals surface area contributed by atoms with E-state index in [1.165, 1.54) is 37.1 Å². The Bertz CT molecular complexity index is 990. The first-order chi connectivity index (χ1) is 14.4. The van der Waals surface area contributed by atoms with E-state index in [1.807, 2.05) is 6.26 Å². The van der Waals surface area contributed by atoms with Crippen molar-refractivity contribution in [3.05, 3.63) is 63.7 Å². The van der Waals surface area contributed by atoms with E-state index in [0.717, 1.165) is 4.90 Å². The number of nitro groups is 1. The third kappa shape index (κ3) is 3.99. The minimum Gasteiger partial charge on any atom is -0.495 e. The van der Waals surface area contributed by atoms with Gasteiger partial charge in [0.2, 0.25) is 5.91 Å². The molecule has 0 saturated carbocycles. The van der Waals surface area contributed by atoms with E-state index in [1.54, 1.807) is 24.3 Å². The van der Waals surface area contributed by atoms with Gasteiger partial charge < -0.3 is 10.1 Å². The Balaban J connectivity index is 1.93. The van der Waals surface area contributed by atoms with Gasteiger partial charge in [-0.3, -0.25) is 29.4 Å². The lowest BCUT2D eigenvalue weighted by Crippen LogP contribution is -2.47. The zero-order valence-electron chi connectivity index (χ0n) is 16.3. The van der Waals surface area contributed by atoms with Crippen molar-refractivity contribution in [1.29, 1.82) is 0 Å². The smallest absolute Gasteiger partial charge is 0.271 e. The van der Waals surface area contributed by atoms with Crippen molar-refractivity contribution in [2.24, 2.45) is 0 Å². The first-order valence-electron chi connectivity index (χ1n) is 8.98. The van der Waals surface area contributed by atoms with Gasteiger partial charge in [0.15, 0.2) is 0 Å². The molecule has 30 heavy (non-hydrogen) atoms. The molecular weight excluding hydrogens is 410 g/mol. The predicted molar refractivity (Wildman–Crippen MR) is 112 cm³/mol. The fourth-order valence-electron chi connectivity index (χ4n) is 3.22. The van der Waals surface area contributed by atoms with Crippen LogP contribution in [0.1, 0.15) is 27.1 Å². The number of nitro benzene ring substituents is 1. The van der Waals surface area contributed by atoms with Gasteiger partial charge in [0.1, 0.15) is 11.8 Å². The summed E-state index contributed by atoms with van der Waals surface area (Å²) in [5.74, 6) is -0.958. The molecule has 1 atom stereocenters. The van der Waals surface area contributed by atoms with E-state index in [2.05, 4.69) is 5.32 Å². The average Bonchev–Trinajstić information content (AvgIpc) is 2.99. The first kappa shape index (κ1) is 21.3. The second-order valence-corrected chi connectivity index (χ2v) is 7.44. The Morgan fingerprint density at radius 3 is 2.37 bits per heavy atom. The van der Waals surface area contributed by atoms with Crippen LogP contribution in [0.3, 0.4) is 0 Å². The molecule has 9 nitrogen and oxygen atoms in total. The van der Waals surface area contributed by atoms with Gasteiger partial charge in [-0.2, -0.15) is 11.8 Å². The molecule has 1 aliphatic rings. The van der Waals surface area contributed by atoms with Gasteiger partial charge in [0.05, 0.1) is 28.8 Å². The van der Waals surface area contributed by atoms with Crippen LogP contribution in [0.5, 0.6) is 5.75 Å². The molecule has 2 aromatic carbocycles. The van der Waals surface area contributed by atoms with Gasteiger partial charge in [-0.1, -0.05) is 12.1 Å². The van der Waals surface area contributed by atoms with Gasteiger partial charge in [0, 0.05) is 12.1 Å². The molecule has 10 heteroatoms. The fraction of sp³-hybridized carbons (Fsp3) is 0.250. The molecule has 1 unspecified atom stereocenters. The highest BCUT2D eigenvalue weighted by Crippen LogP contribution is 2.31. The summed E-state index contributed by atoms with van der Waals surface area (Å²) in [7, 11) is 1.37. The Morgan fingerprint density at radius 2 is 1.83 bits per heavy atom. The van der Waals surface area contributed by atoms with Crippen LogP contribution in [0.15, 0.2) is 42.5 Å². The van der Waals surface area contributed by atoms with Crippen LogP contribution < -0.4 is 10.1 Å². The number of ether oxygens (including phenoxy) is 1. The number of fused-ring (bicyclic) bond motifs is 1. The molecule has 0 aliphatic carbocycles. The third-order valence-corrected chi connectivity index (χ3v) is 5.33. The second-order valence-electron chi connectivity index (χ2n) is 6.45. The van der Waals surface area contributed by atoms with Gasteiger partial charge in [-0.05, 0) is 36.6 Å². The third-order valence-electron chi connectivity index (χ3n) is 4.69. The molecule has 0 fully saturated rings. The monoisotopic (exact) mass is 429 g/mol. The normalized spacial score (nSPS) is 13.7. The maximum atomic E-state index is 13.1. The number of nitrogens with zero attached hydrogens (tertiary/aromatic N) is 2. The molecule has 0 spiro atoms. The van der Waals surface area contributed by atoms with Crippen LogP contribution in [0.4, 0.5) is 11.4 Å². The summed E-state index contributed by atoms with van der Waals surface area (Å²) in [6.07, 6.45) is 2.08. The highest BCUT2D eigenvalue weighted by atomic mass is 32.2. The zero-order chi connectivity index (χ0) is 21.8. The highest BCUT2D eigenvalue weighted by molar-refractivity contribution is 7.98. The van der Waals surface area contributed by atoms with Gasteiger partial charge in [0.25, 0.3) is 17.5 Å². The predicted octanol–water partition coefficient (Wildman–Crippen LogP) is 2.96. The van der Waals surface area contributed by atoms with Crippen molar-refractivity contribution in [3.63, 3.8) is 0 Å². The molecule has 2 aromatic rings. The number of nitrogens with one attached hydrogen (secondary N) is 1. The summed E-state index contributed by atoms with van der Waals surface area (Å²) in [6.45, 7) is 0. The molecular formula is C20H19N3O6S. The SMILES string of the molecule is COc1ccc([N+](=O)[O-])cc1NC(=O)C(CCSC)N1C(=O)c2ccccc2C1=O. The largest absolute Gasteiger partial charge is 0.495 e. The van der Waals surface area contributed by atoms with E-state index >= 15 is 0 Å². The number of non-ortho nitro benzene ring substituents is 1. The van der Waals surface area contributed by atoms with Crippen molar-refractivity contribution in [2.75, 3.05) is 24.4 Å². The van der Waals surface area contributed by atoms with Crippen LogP contribution >= 0.6 is 11.8 Å². The maximum Gasteiger partial charge on any atom is 0.271 e. The Kier molecular flexibility index (Phi) is 6.36. The quantitative estimate of drug-likeness (QED) is 0.389. The Hall–Kier alpha value is -3.40. The molecule has 0 bridgehead atoms. The van der Waals surface area contributed by atoms with Crippen LogP contribution in [-0.2, 0) is 4.79 Å². The zero-order valence-corrected chi connectivity index (χ0v) is 17.1. The molecule has 0 saturated heterocycles. The number of hydrogen-bond acceptors (Lipinski definition) is 7. The van der Waals surface area contributed by atoms with Crippen LogP contribution in [0, 0.1) is 10.1 Å². The van der Waals surface area contributed by atoms with E-state index in [4.69, 9.17) is 4.74 Å². The molecule has 3 rings (SSSR count). The summed E-state index contributed by atoms with van der Waals surface area (Å²) in [5.41, 5.74) is 0.352. The number of hydrogen-bond donors (Lipinski definition) is 1. The van der Waals surface area contributed by atoms with Gasteiger partial charge in [-0.15, -0.1) is 0 Å². The van der Waals surface area contributed by atoms with E-state index in [9.17, 15) is 24.5 Å². The summed E-state index contributed by atoms with van der Waals surface area (Å²) in [5, 5.41) is 13.7. The van der Waals surface area contributed by atoms with Crippen LogP contribution in [0.2, 0.25) is 0 Å². The van der Waals surface area contributed by atoms with Crippen LogP contribution in [0.25, 0.3) is 0 Å². The standard InChI is InChI=1S/C20H19N3O6S/c1-29-17-8-7-12(23(27)28)11-15(17)21-18(24)16(9-10-30-2)22-19(25)13-5-3-4-6-14(13)20(22)26/h3-8,11,16H,9-10H2,1-2H3,(H,21,24). The number of imide groups is 1. The highest BCUT2D eigenvalue weighted by Gasteiger charge is 2.42. The number of carbonyl (C=O) groups is 3. The van der Waals surface area contributed by atoms with E-state index < -0.39 is 28.7 Å². The van der Waals surface area contributed by atoms with Crippen molar-refractivity contribution in [3.8, 4) is 5.75 Å². The van der Waals surface area contributed by atoms with Crippen LogP contribution in [-0.4, -0.2) is 52.7 Å². The number of carbonyl (C=O) groups excluding carboxylic acids is 3. The van der Waals surface area contributed by atoms with Gasteiger partial charge in [-0.25, -0.2) is 0 Å². The molecule has 1 aliphatic heterocycles.